The standard InChI is InChI=1S/C13H14F2N2O2/c1-2-3-8-6-10(18)17(7-8)13(19)9-4-5-16-12(15)11(9)14/h4-5,8H,2-3,6-7H2,1H3. The van der Waals surface area contributed by atoms with E-state index in [9.17, 15) is 18.4 Å². The van der Waals surface area contributed by atoms with Crippen LogP contribution in [0.1, 0.15) is 36.5 Å². The van der Waals surface area contributed by atoms with E-state index >= 15 is 0 Å². The predicted molar refractivity (Wildman–Crippen MR) is 63.2 cm³/mol. The van der Waals surface area contributed by atoms with Crippen LogP contribution in [0.15, 0.2) is 12.3 Å². The van der Waals surface area contributed by atoms with E-state index in [-0.39, 0.29) is 24.8 Å². The molecule has 0 aliphatic carbocycles. The molecule has 1 aliphatic heterocycles. The first kappa shape index (κ1) is 13.6. The molecule has 0 radical (unpaired) electrons. The Hall–Kier alpha value is -1.85. The molecule has 1 atom stereocenters. The Morgan fingerprint density at radius 1 is 1.53 bits per heavy atom. The summed E-state index contributed by atoms with van der Waals surface area (Å²) in [6.07, 6.45) is 3.05. The van der Waals surface area contributed by atoms with Gasteiger partial charge in [0, 0.05) is 19.2 Å². The number of hydrogen-bond acceptors (Lipinski definition) is 3. The monoisotopic (exact) mass is 268 g/mol. The molecule has 0 saturated carbocycles. The van der Waals surface area contributed by atoms with Gasteiger partial charge in [-0.1, -0.05) is 13.3 Å². The second-order valence-corrected chi connectivity index (χ2v) is 4.63. The van der Waals surface area contributed by atoms with Gasteiger partial charge < -0.3 is 0 Å². The predicted octanol–water partition coefficient (Wildman–Crippen LogP) is 2.15. The van der Waals surface area contributed by atoms with E-state index in [0.29, 0.717) is 0 Å². The molecule has 1 saturated heterocycles. The van der Waals surface area contributed by atoms with E-state index in [1.807, 2.05) is 6.92 Å². The molecule has 6 heteroatoms. The first-order valence-electron chi connectivity index (χ1n) is 6.19. The lowest BCUT2D eigenvalue weighted by atomic mass is 10.0. The van der Waals surface area contributed by atoms with Gasteiger partial charge in [-0.15, -0.1) is 0 Å². The second-order valence-electron chi connectivity index (χ2n) is 4.63. The van der Waals surface area contributed by atoms with Crippen LogP contribution in [0, 0.1) is 17.7 Å². The van der Waals surface area contributed by atoms with Gasteiger partial charge in [0.1, 0.15) is 0 Å². The molecule has 1 fully saturated rings. The summed E-state index contributed by atoms with van der Waals surface area (Å²) < 4.78 is 26.5. The molecule has 1 aromatic heterocycles. The van der Waals surface area contributed by atoms with E-state index in [0.717, 1.165) is 30.0 Å². The lowest BCUT2D eigenvalue weighted by Crippen LogP contribution is -2.33. The van der Waals surface area contributed by atoms with Gasteiger partial charge >= 0.3 is 0 Å². The maximum Gasteiger partial charge on any atom is 0.263 e. The molecule has 1 unspecified atom stereocenters. The molecule has 102 valence electrons. The van der Waals surface area contributed by atoms with E-state index < -0.39 is 23.2 Å². The molecular formula is C13H14F2N2O2. The molecule has 4 nitrogen and oxygen atoms in total. The van der Waals surface area contributed by atoms with Gasteiger partial charge in [-0.2, -0.15) is 4.39 Å². The van der Waals surface area contributed by atoms with Gasteiger partial charge in [-0.3, -0.25) is 14.5 Å². The van der Waals surface area contributed by atoms with Crippen LogP contribution < -0.4 is 0 Å². The summed E-state index contributed by atoms with van der Waals surface area (Å²) in [4.78, 5) is 27.9. The largest absolute Gasteiger partial charge is 0.278 e. The van der Waals surface area contributed by atoms with E-state index in [4.69, 9.17) is 0 Å². The lowest BCUT2D eigenvalue weighted by Gasteiger charge is -2.15. The minimum atomic E-state index is -1.33. The minimum Gasteiger partial charge on any atom is -0.278 e. The van der Waals surface area contributed by atoms with Crippen LogP contribution in [0.2, 0.25) is 0 Å². The van der Waals surface area contributed by atoms with Crippen molar-refractivity contribution < 1.29 is 18.4 Å². The zero-order valence-electron chi connectivity index (χ0n) is 10.5. The van der Waals surface area contributed by atoms with Crippen LogP contribution >= 0.6 is 0 Å². The Kier molecular flexibility index (Phi) is 3.87. The molecule has 2 amide bonds. The summed E-state index contributed by atoms with van der Waals surface area (Å²) in [6.45, 7) is 2.27. The van der Waals surface area contributed by atoms with Crippen molar-refractivity contribution in [1.29, 1.82) is 0 Å². The van der Waals surface area contributed by atoms with Crippen LogP contribution in [-0.4, -0.2) is 28.2 Å². The molecule has 0 aromatic carbocycles. The number of nitrogens with zero attached hydrogens (tertiary/aromatic N) is 2. The topological polar surface area (TPSA) is 50.3 Å². The number of pyridine rings is 1. The third-order valence-electron chi connectivity index (χ3n) is 3.22. The Morgan fingerprint density at radius 3 is 2.95 bits per heavy atom. The molecular weight excluding hydrogens is 254 g/mol. The van der Waals surface area contributed by atoms with Gasteiger partial charge in [0.05, 0.1) is 5.56 Å². The van der Waals surface area contributed by atoms with Crippen LogP contribution in [0.5, 0.6) is 0 Å². The van der Waals surface area contributed by atoms with Gasteiger partial charge in [0.2, 0.25) is 11.9 Å². The Bertz CT molecular complexity index is 519. The molecule has 0 bridgehead atoms. The van der Waals surface area contributed by atoms with Gasteiger partial charge in [0.25, 0.3) is 5.91 Å². The van der Waals surface area contributed by atoms with Gasteiger partial charge in [0.15, 0.2) is 5.82 Å². The summed E-state index contributed by atoms with van der Waals surface area (Å²) in [5.41, 5.74) is -0.446. The third-order valence-corrected chi connectivity index (χ3v) is 3.22. The van der Waals surface area contributed by atoms with Crippen molar-refractivity contribution in [3.63, 3.8) is 0 Å². The number of halogens is 2. The van der Waals surface area contributed by atoms with Crippen molar-refractivity contribution in [2.45, 2.75) is 26.2 Å². The smallest absolute Gasteiger partial charge is 0.263 e. The Morgan fingerprint density at radius 2 is 2.26 bits per heavy atom. The first-order chi connectivity index (χ1) is 9.04. The molecule has 0 spiro atoms. The molecule has 0 N–H and O–H groups in total. The quantitative estimate of drug-likeness (QED) is 0.623. The van der Waals surface area contributed by atoms with Crippen LogP contribution in [0.3, 0.4) is 0 Å². The fourth-order valence-electron chi connectivity index (χ4n) is 2.31. The number of amides is 2. The fourth-order valence-corrected chi connectivity index (χ4v) is 2.31. The third kappa shape index (κ3) is 2.62. The molecule has 2 heterocycles. The summed E-state index contributed by atoms with van der Waals surface area (Å²) in [7, 11) is 0. The van der Waals surface area contributed by atoms with Crippen LogP contribution in [0.25, 0.3) is 0 Å². The number of carbonyl (C=O) groups excluding carboxylic acids is 2. The van der Waals surface area contributed by atoms with E-state index in [1.54, 1.807) is 0 Å². The number of rotatable bonds is 3. The van der Waals surface area contributed by atoms with Crippen molar-refractivity contribution in [2.75, 3.05) is 6.54 Å². The second kappa shape index (κ2) is 5.42. The maximum atomic E-state index is 13.5. The van der Waals surface area contributed by atoms with E-state index in [2.05, 4.69) is 4.98 Å². The average Bonchev–Trinajstić information content (AvgIpc) is 2.73. The summed E-state index contributed by atoms with van der Waals surface area (Å²) in [5, 5.41) is 0. The molecule has 1 aromatic rings. The highest BCUT2D eigenvalue weighted by Gasteiger charge is 2.35. The van der Waals surface area contributed by atoms with E-state index in [1.165, 1.54) is 0 Å². The van der Waals surface area contributed by atoms with Crippen molar-refractivity contribution in [3.05, 3.63) is 29.6 Å². The van der Waals surface area contributed by atoms with Gasteiger partial charge in [-0.05, 0) is 18.4 Å². The highest BCUT2D eigenvalue weighted by molar-refractivity contribution is 6.05. The van der Waals surface area contributed by atoms with Crippen LogP contribution in [-0.2, 0) is 4.79 Å². The number of imide groups is 1. The molecule has 2 rings (SSSR count). The zero-order chi connectivity index (χ0) is 14.0. The Labute approximate surface area is 109 Å². The molecule has 19 heavy (non-hydrogen) atoms. The number of likely N-dealkylation sites (tertiary alicyclic amines) is 1. The van der Waals surface area contributed by atoms with Crippen molar-refractivity contribution in [2.24, 2.45) is 5.92 Å². The van der Waals surface area contributed by atoms with Crippen LogP contribution in [0.4, 0.5) is 8.78 Å². The number of aromatic nitrogens is 1. The fraction of sp³-hybridized carbons (Fsp3) is 0.462. The zero-order valence-corrected chi connectivity index (χ0v) is 10.5. The lowest BCUT2D eigenvalue weighted by molar-refractivity contribution is -0.125. The average molecular weight is 268 g/mol. The highest BCUT2D eigenvalue weighted by atomic mass is 19.2. The minimum absolute atomic E-state index is 0.108. The molecule has 1 aliphatic rings. The van der Waals surface area contributed by atoms with Crippen molar-refractivity contribution in [3.8, 4) is 0 Å². The van der Waals surface area contributed by atoms with Crippen molar-refractivity contribution in [1.82, 2.24) is 9.88 Å². The summed E-state index contributed by atoms with van der Waals surface area (Å²) in [6, 6.07) is 1.08. The summed E-state index contributed by atoms with van der Waals surface area (Å²) >= 11 is 0. The SMILES string of the molecule is CCCC1CC(=O)N(C(=O)c2ccnc(F)c2F)C1. The summed E-state index contributed by atoms with van der Waals surface area (Å²) in [5.74, 6) is -3.65. The highest BCUT2D eigenvalue weighted by Crippen LogP contribution is 2.24. The number of carbonyl (C=O) groups is 2. The first-order valence-corrected chi connectivity index (χ1v) is 6.19. The van der Waals surface area contributed by atoms with Crippen molar-refractivity contribution >= 4 is 11.8 Å². The normalized spacial score (nSPS) is 19.0. The maximum absolute atomic E-state index is 13.5. The Balaban J connectivity index is 2.20. The van der Waals surface area contributed by atoms with Gasteiger partial charge in [-0.25, -0.2) is 9.37 Å². The number of hydrogen-bond donors (Lipinski definition) is 0.